The number of nitrogens with zero attached hydrogens (tertiary/aromatic N) is 2. The molecule has 3 rings (SSSR count). The van der Waals surface area contributed by atoms with Crippen LogP contribution in [-0.2, 0) is 17.6 Å². The summed E-state index contributed by atoms with van der Waals surface area (Å²) < 4.78 is 5.28. The molecule has 0 fully saturated rings. The quantitative estimate of drug-likeness (QED) is 0.698. The topological polar surface area (TPSA) is 76.2 Å². The fraction of sp³-hybridized carbons (Fsp3) is 0.182. The minimum Gasteiger partial charge on any atom is -0.481 e. The number of rotatable bonds is 2. The lowest BCUT2D eigenvalue weighted by molar-refractivity contribution is -0.136. The summed E-state index contributed by atoms with van der Waals surface area (Å²) in [6, 6.07) is 1.83. The monoisotopic (exact) mass is 216 g/mol. The van der Waals surface area contributed by atoms with Gasteiger partial charge in [0.25, 0.3) is 0 Å². The zero-order chi connectivity index (χ0) is 11.1. The van der Waals surface area contributed by atoms with Crippen molar-refractivity contribution in [2.45, 2.75) is 12.8 Å². The Morgan fingerprint density at radius 2 is 2.44 bits per heavy atom. The first-order valence-corrected chi connectivity index (χ1v) is 4.87. The number of carboxylic acid groups (broad SMARTS) is 1. The molecule has 0 spiro atoms. The summed E-state index contributed by atoms with van der Waals surface area (Å²) in [4.78, 5) is 19.1. The van der Waals surface area contributed by atoms with E-state index in [1.54, 1.807) is 6.26 Å². The van der Waals surface area contributed by atoms with Crippen molar-refractivity contribution >= 4 is 5.97 Å². The molecule has 0 atom stereocenters. The van der Waals surface area contributed by atoms with Crippen molar-refractivity contribution in [1.29, 1.82) is 0 Å². The smallest absolute Gasteiger partial charge is 0.309 e. The molecule has 2 aromatic rings. The third-order valence-corrected chi connectivity index (χ3v) is 2.56. The Morgan fingerprint density at radius 1 is 1.56 bits per heavy atom. The summed E-state index contributed by atoms with van der Waals surface area (Å²) >= 11 is 0. The third kappa shape index (κ3) is 1.29. The Kier molecular flexibility index (Phi) is 1.80. The fourth-order valence-electron chi connectivity index (χ4n) is 1.88. The summed E-state index contributed by atoms with van der Waals surface area (Å²) in [6.45, 7) is 0. The molecule has 80 valence electrons. The van der Waals surface area contributed by atoms with Crippen LogP contribution in [0.5, 0.6) is 0 Å². The van der Waals surface area contributed by atoms with Gasteiger partial charge >= 0.3 is 5.97 Å². The Hall–Kier alpha value is -2.17. The van der Waals surface area contributed by atoms with E-state index >= 15 is 0 Å². The van der Waals surface area contributed by atoms with E-state index in [-0.39, 0.29) is 6.42 Å². The van der Waals surface area contributed by atoms with E-state index in [9.17, 15) is 4.79 Å². The second-order valence-corrected chi connectivity index (χ2v) is 3.66. The Balaban J connectivity index is 2.07. The summed E-state index contributed by atoms with van der Waals surface area (Å²) in [6.07, 6.45) is 3.66. The van der Waals surface area contributed by atoms with Crippen LogP contribution in [0, 0.1) is 0 Å². The van der Waals surface area contributed by atoms with Crippen LogP contribution in [0.1, 0.15) is 17.1 Å². The average Bonchev–Trinajstić information content (AvgIpc) is 2.77. The maximum atomic E-state index is 10.6. The number of aromatic nitrogens is 2. The highest BCUT2D eigenvalue weighted by molar-refractivity contribution is 5.72. The highest BCUT2D eigenvalue weighted by Crippen LogP contribution is 2.34. The van der Waals surface area contributed by atoms with Gasteiger partial charge < -0.3 is 9.52 Å². The van der Waals surface area contributed by atoms with Crippen LogP contribution in [0.2, 0.25) is 0 Å². The standard InChI is InChI=1S/C11H8N2O3/c14-10(15)3-6-5-12-8-4-9-7(1-2-16-9)11(8)13-6/h1-2,5H,3-4H2,(H,14,15). The van der Waals surface area contributed by atoms with Gasteiger partial charge in [-0.2, -0.15) is 0 Å². The Bertz CT molecular complexity index is 574. The van der Waals surface area contributed by atoms with E-state index in [2.05, 4.69) is 9.97 Å². The molecule has 2 aromatic heterocycles. The van der Waals surface area contributed by atoms with Gasteiger partial charge in [-0.25, -0.2) is 4.98 Å². The molecule has 5 nitrogen and oxygen atoms in total. The van der Waals surface area contributed by atoms with Gasteiger partial charge in [0.05, 0.1) is 36.2 Å². The molecule has 1 aliphatic rings. The maximum absolute atomic E-state index is 10.6. The molecule has 0 radical (unpaired) electrons. The lowest BCUT2D eigenvalue weighted by Crippen LogP contribution is -2.04. The second-order valence-electron chi connectivity index (χ2n) is 3.66. The number of furan rings is 1. The van der Waals surface area contributed by atoms with E-state index in [0.29, 0.717) is 12.1 Å². The minimum absolute atomic E-state index is 0.104. The van der Waals surface area contributed by atoms with Crippen molar-refractivity contribution in [3.63, 3.8) is 0 Å². The molecule has 2 heterocycles. The molecule has 5 heteroatoms. The van der Waals surface area contributed by atoms with Gasteiger partial charge in [0, 0.05) is 11.8 Å². The van der Waals surface area contributed by atoms with Gasteiger partial charge in [-0.05, 0) is 6.07 Å². The first kappa shape index (κ1) is 9.08. The molecule has 0 saturated heterocycles. The van der Waals surface area contributed by atoms with Gasteiger partial charge in [0.1, 0.15) is 5.76 Å². The number of aliphatic carboxylic acids is 1. The Labute approximate surface area is 90.8 Å². The minimum atomic E-state index is -0.903. The normalized spacial score (nSPS) is 12.2. The number of hydrogen-bond donors (Lipinski definition) is 1. The van der Waals surface area contributed by atoms with Crippen LogP contribution in [-0.4, -0.2) is 21.0 Å². The van der Waals surface area contributed by atoms with E-state index in [1.807, 2.05) is 6.07 Å². The highest BCUT2D eigenvalue weighted by atomic mass is 16.4. The first-order chi connectivity index (χ1) is 7.74. The summed E-state index contributed by atoms with van der Waals surface area (Å²) in [5.41, 5.74) is 3.00. The zero-order valence-electron chi connectivity index (χ0n) is 8.30. The van der Waals surface area contributed by atoms with Gasteiger partial charge in [-0.1, -0.05) is 0 Å². The van der Waals surface area contributed by atoms with Crippen LogP contribution in [0.15, 0.2) is 22.9 Å². The number of carboxylic acids is 1. The molecule has 1 aliphatic carbocycles. The summed E-state index contributed by atoms with van der Waals surface area (Å²) in [7, 11) is 0. The van der Waals surface area contributed by atoms with Gasteiger partial charge in [-0.15, -0.1) is 0 Å². The predicted molar refractivity (Wildman–Crippen MR) is 53.9 cm³/mol. The van der Waals surface area contributed by atoms with E-state index in [0.717, 1.165) is 22.7 Å². The maximum Gasteiger partial charge on any atom is 0.309 e. The van der Waals surface area contributed by atoms with Crippen molar-refractivity contribution in [3.8, 4) is 11.3 Å². The van der Waals surface area contributed by atoms with Gasteiger partial charge in [0.15, 0.2) is 0 Å². The molecular weight excluding hydrogens is 208 g/mol. The molecule has 16 heavy (non-hydrogen) atoms. The van der Waals surface area contributed by atoms with Crippen LogP contribution >= 0.6 is 0 Å². The summed E-state index contributed by atoms with van der Waals surface area (Å²) in [5, 5.41) is 8.68. The van der Waals surface area contributed by atoms with Crippen molar-refractivity contribution in [2.24, 2.45) is 0 Å². The van der Waals surface area contributed by atoms with Gasteiger partial charge in [0.2, 0.25) is 0 Å². The van der Waals surface area contributed by atoms with Gasteiger partial charge in [-0.3, -0.25) is 9.78 Å². The Morgan fingerprint density at radius 3 is 3.25 bits per heavy atom. The van der Waals surface area contributed by atoms with Crippen molar-refractivity contribution < 1.29 is 14.3 Å². The number of hydrogen-bond acceptors (Lipinski definition) is 4. The molecule has 0 aliphatic heterocycles. The molecule has 0 bridgehead atoms. The fourth-order valence-corrected chi connectivity index (χ4v) is 1.88. The van der Waals surface area contributed by atoms with Crippen LogP contribution in [0.3, 0.4) is 0 Å². The van der Waals surface area contributed by atoms with E-state index in [4.69, 9.17) is 9.52 Å². The van der Waals surface area contributed by atoms with Crippen LogP contribution < -0.4 is 0 Å². The van der Waals surface area contributed by atoms with Crippen LogP contribution in [0.4, 0.5) is 0 Å². The SMILES string of the molecule is O=C(O)Cc1cnc2c(n1)-c1ccoc1C2. The molecule has 1 N–H and O–H groups in total. The first-order valence-electron chi connectivity index (χ1n) is 4.87. The average molecular weight is 216 g/mol. The van der Waals surface area contributed by atoms with E-state index < -0.39 is 5.97 Å². The predicted octanol–water partition coefficient (Wildman–Crippen LogP) is 1.27. The molecule has 0 unspecified atom stereocenters. The zero-order valence-corrected chi connectivity index (χ0v) is 8.30. The third-order valence-electron chi connectivity index (χ3n) is 2.56. The molecule has 0 amide bonds. The van der Waals surface area contributed by atoms with Crippen molar-refractivity contribution in [3.05, 3.63) is 35.7 Å². The van der Waals surface area contributed by atoms with Crippen molar-refractivity contribution in [2.75, 3.05) is 0 Å². The lowest BCUT2D eigenvalue weighted by Gasteiger charge is -2.00. The molecule has 0 saturated carbocycles. The molecular formula is C11H8N2O3. The van der Waals surface area contributed by atoms with Crippen LogP contribution in [0.25, 0.3) is 11.3 Å². The largest absolute Gasteiger partial charge is 0.481 e. The number of carbonyl (C=O) groups is 1. The van der Waals surface area contributed by atoms with Crippen molar-refractivity contribution in [1.82, 2.24) is 9.97 Å². The summed E-state index contributed by atoms with van der Waals surface area (Å²) in [5.74, 6) is -0.0536. The lowest BCUT2D eigenvalue weighted by atomic mass is 10.2. The van der Waals surface area contributed by atoms with E-state index in [1.165, 1.54) is 6.20 Å². The highest BCUT2D eigenvalue weighted by Gasteiger charge is 2.24. The number of fused-ring (bicyclic) bond motifs is 3. The molecule has 0 aromatic carbocycles. The second kappa shape index (κ2) is 3.16.